The molecule has 30 heavy (non-hydrogen) atoms. The highest BCUT2D eigenvalue weighted by atomic mass is 19.4. The van der Waals surface area contributed by atoms with Gasteiger partial charge in [-0.25, -0.2) is 0 Å². The van der Waals surface area contributed by atoms with Gasteiger partial charge in [0, 0.05) is 12.8 Å². The number of amides is 1. The number of rotatable bonds is 7. The van der Waals surface area contributed by atoms with E-state index in [4.69, 9.17) is 4.74 Å². The van der Waals surface area contributed by atoms with Gasteiger partial charge < -0.3 is 10.1 Å². The molecule has 3 aromatic rings. The van der Waals surface area contributed by atoms with E-state index in [0.717, 1.165) is 17.7 Å². The molecule has 154 valence electrons. The Labute approximate surface area is 172 Å². The van der Waals surface area contributed by atoms with E-state index in [1.807, 2.05) is 30.3 Å². The van der Waals surface area contributed by atoms with E-state index < -0.39 is 11.7 Å². The molecule has 3 aromatic carbocycles. The predicted molar refractivity (Wildman–Crippen MR) is 109 cm³/mol. The third kappa shape index (κ3) is 6.48. The van der Waals surface area contributed by atoms with Crippen LogP contribution in [0.4, 0.5) is 18.9 Å². The number of ether oxygens (including phenoxy) is 1. The van der Waals surface area contributed by atoms with Gasteiger partial charge in [-0.2, -0.15) is 13.2 Å². The number of hydrogen-bond acceptors (Lipinski definition) is 3. The summed E-state index contributed by atoms with van der Waals surface area (Å²) in [6.07, 6.45) is -2.94. The molecule has 3 rings (SSSR count). The average Bonchev–Trinajstić information content (AvgIpc) is 2.76. The topological polar surface area (TPSA) is 50.7 Å². The van der Waals surface area contributed by atoms with E-state index >= 15 is 0 Å². The Morgan fingerprint density at radius 2 is 1.70 bits per heavy atom. The molecule has 0 heterocycles. The summed E-state index contributed by atoms with van der Waals surface area (Å²) in [6.45, 7) is 0.304. The Hall–Kier alpha value is -3.61. The fraction of sp³-hybridized carbons (Fsp3) is 0.130. The van der Waals surface area contributed by atoms with E-state index in [9.17, 15) is 18.0 Å². The molecule has 0 aliphatic heterocycles. The Morgan fingerprint density at radius 1 is 0.967 bits per heavy atom. The highest BCUT2D eigenvalue weighted by Crippen LogP contribution is 2.31. The largest absolute Gasteiger partial charge is 0.484 e. The van der Waals surface area contributed by atoms with E-state index in [0.29, 0.717) is 17.9 Å². The van der Waals surface area contributed by atoms with Crippen molar-refractivity contribution in [2.24, 2.45) is 4.99 Å². The maximum atomic E-state index is 12.7. The van der Waals surface area contributed by atoms with Crippen LogP contribution in [0, 0.1) is 0 Å². The lowest BCUT2D eigenvalue weighted by atomic mass is 10.2. The molecule has 0 aliphatic carbocycles. The predicted octanol–water partition coefficient (Wildman–Crippen LogP) is 5.15. The quantitative estimate of drug-likeness (QED) is 0.546. The molecule has 0 radical (unpaired) electrons. The molecule has 0 fully saturated rings. The molecule has 0 saturated carbocycles. The summed E-state index contributed by atoms with van der Waals surface area (Å²) < 4.78 is 43.7. The van der Waals surface area contributed by atoms with Crippen molar-refractivity contribution in [1.82, 2.24) is 5.32 Å². The lowest BCUT2D eigenvalue weighted by Crippen LogP contribution is -2.28. The fourth-order valence-electron chi connectivity index (χ4n) is 2.56. The number of nitrogens with zero attached hydrogens (tertiary/aromatic N) is 1. The minimum atomic E-state index is -4.40. The smallest absolute Gasteiger partial charge is 0.416 e. The van der Waals surface area contributed by atoms with Crippen molar-refractivity contribution in [2.45, 2.75) is 12.7 Å². The number of alkyl halides is 3. The van der Waals surface area contributed by atoms with Crippen LogP contribution in [0.25, 0.3) is 0 Å². The van der Waals surface area contributed by atoms with E-state index in [1.54, 1.807) is 24.3 Å². The van der Waals surface area contributed by atoms with Gasteiger partial charge in [0.05, 0.1) is 11.3 Å². The second kappa shape index (κ2) is 9.73. The number of nitrogens with one attached hydrogen (secondary N) is 1. The molecule has 0 saturated heterocycles. The second-order valence-electron chi connectivity index (χ2n) is 6.43. The van der Waals surface area contributed by atoms with Crippen LogP contribution in [0.1, 0.15) is 16.7 Å². The molecule has 1 amide bonds. The first-order chi connectivity index (χ1) is 14.4. The minimum Gasteiger partial charge on any atom is -0.484 e. The normalized spacial score (nSPS) is 11.4. The molecule has 0 spiro atoms. The summed E-state index contributed by atoms with van der Waals surface area (Å²) in [5.74, 6) is 0.259. The van der Waals surface area contributed by atoms with E-state index in [-0.39, 0.29) is 18.2 Å². The van der Waals surface area contributed by atoms with Gasteiger partial charge in [0.25, 0.3) is 5.91 Å². The van der Waals surface area contributed by atoms with Crippen molar-refractivity contribution >= 4 is 17.8 Å². The second-order valence-corrected chi connectivity index (χ2v) is 6.43. The molecule has 0 bridgehead atoms. The van der Waals surface area contributed by atoms with Crippen LogP contribution in [0.3, 0.4) is 0 Å². The minimum absolute atomic E-state index is 0.121. The van der Waals surface area contributed by atoms with Gasteiger partial charge in [-0.05, 0) is 53.6 Å². The van der Waals surface area contributed by atoms with Gasteiger partial charge in [0.1, 0.15) is 5.75 Å². The molecule has 0 unspecified atom stereocenters. The first-order valence-corrected chi connectivity index (χ1v) is 9.15. The molecule has 1 N–H and O–H groups in total. The molecule has 7 heteroatoms. The van der Waals surface area contributed by atoms with Crippen LogP contribution in [-0.2, 0) is 17.5 Å². The van der Waals surface area contributed by atoms with Crippen LogP contribution in [-0.4, -0.2) is 18.7 Å². The number of carbonyl (C=O) groups excluding carboxylic acids is 1. The molecular weight excluding hydrogens is 393 g/mol. The standard InChI is InChI=1S/C23H19F3N2O2/c24-23(25,26)19-7-4-8-20(13-19)27-14-18-9-11-21(12-10-18)30-16-22(29)28-15-17-5-2-1-3-6-17/h1-14H,15-16H2,(H,28,29). The number of benzene rings is 3. The SMILES string of the molecule is O=C(COc1ccc(C=Nc2cccc(C(F)(F)F)c2)cc1)NCc1ccccc1. The van der Waals surface area contributed by atoms with Crippen LogP contribution in [0.2, 0.25) is 0 Å². The number of aliphatic imine (C=N–C) groups is 1. The monoisotopic (exact) mass is 412 g/mol. The van der Waals surface area contributed by atoms with Gasteiger partial charge in [-0.15, -0.1) is 0 Å². The van der Waals surface area contributed by atoms with Crippen molar-refractivity contribution in [3.05, 3.63) is 95.6 Å². The van der Waals surface area contributed by atoms with Gasteiger partial charge in [-0.1, -0.05) is 36.4 Å². The Bertz CT molecular complexity index is 1000. The third-order valence-corrected chi connectivity index (χ3v) is 4.12. The Morgan fingerprint density at radius 3 is 2.40 bits per heavy atom. The van der Waals surface area contributed by atoms with Crippen molar-refractivity contribution in [1.29, 1.82) is 0 Å². The van der Waals surface area contributed by atoms with Crippen LogP contribution >= 0.6 is 0 Å². The summed E-state index contributed by atoms with van der Waals surface area (Å²) in [5, 5.41) is 2.77. The molecule has 0 aliphatic rings. The average molecular weight is 412 g/mol. The summed E-state index contributed by atoms with van der Waals surface area (Å²) in [5.41, 5.74) is 1.15. The maximum absolute atomic E-state index is 12.7. The van der Waals surface area contributed by atoms with Crippen molar-refractivity contribution < 1.29 is 22.7 Å². The molecule has 4 nitrogen and oxygen atoms in total. The summed E-state index contributed by atoms with van der Waals surface area (Å²) in [6, 6.07) is 21.1. The van der Waals surface area contributed by atoms with Crippen LogP contribution in [0.15, 0.2) is 83.9 Å². The van der Waals surface area contributed by atoms with Crippen LogP contribution < -0.4 is 10.1 Å². The first-order valence-electron chi connectivity index (χ1n) is 9.15. The number of hydrogen-bond donors (Lipinski definition) is 1. The van der Waals surface area contributed by atoms with Crippen molar-refractivity contribution in [3.63, 3.8) is 0 Å². The van der Waals surface area contributed by atoms with E-state index in [2.05, 4.69) is 10.3 Å². The lowest BCUT2D eigenvalue weighted by Gasteiger charge is -2.08. The van der Waals surface area contributed by atoms with E-state index in [1.165, 1.54) is 18.3 Å². The van der Waals surface area contributed by atoms with Crippen molar-refractivity contribution in [3.8, 4) is 5.75 Å². The number of carbonyl (C=O) groups is 1. The Kier molecular flexibility index (Phi) is 6.85. The third-order valence-electron chi connectivity index (χ3n) is 4.12. The summed E-state index contributed by atoms with van der Waals surface area (Å²) in [7, 11) is 0. The maximum Gasteiger partial charge on any atom is 0.416 e. The Balaban J connectivity index is 1.50. The highest BCUT2D eigenvalue weighted by molar-refractivity contribution is 5.82. The van der Waals surface area contributed by atoms with Crippen molar-refractivity contribution in [2.75, 3.05) is 6.61 Å². The van der Waals surface area contributed by atoms with Gasteiger partial charge in [0.15, 0.2) is 6.61 Å². The molecular formula is C23H19F3N2O2. The lowest BCUT2D eigenvalue weighted by molar-refractivity contribution is -0.137. The van der Waals surface area contributed by atoms with Gasteiger partial charge in [0.2, 0.25) is 0 Å². The zero-order valence-corrected chi connectivity index (χ0v) is 15.9. The molecule has 0 aromatic heterocycles. The first kappa shape index (κ1) is 21.1. The zero-order chi connectivity index (χ0) is 21.4. The van der Waals surface area contributed by atoms with Crippen LogP contribution in [0.5, 0.6) is 5.75 Å². The summed E-state index contributed by atoms with van der Waals surface area (Å²) in [4.78, 5) is 16.0. The fourth-order valence-corrected chi connectivity index (χ4v) is 2.56. The summed E-state index contributed by atoms with van der Waals surface area (Å²) >= 11 is 0. The zero-order valence-electron chi connectivity index (χ0n) is 15.9. The van der Waals surface area contributed by atoms with Gasteiger partial charge >= 0.3 is 6.18 Å². The van der Waals surface area contributed by atoms with Gasteiger partial charge in [-0.3, -0.25) is 9.79 Å². The number of halogens is 3. The highest BCUT2D eigenvalue weighted by Gasteiger charge is 2.30. The molecule has 0 atom stereocenters.